The lowest BCUT2D eigenvalue weighted by Crippen LogP contribution is -2.34. The lowest BCUT2D eigenvalue weighted by molar-refractivity contribution is 0.220. The molecule has 0 atom stereocenters. The minimum absolute atomic E-state index is 0.0163. The minimum atomic E-state index is 0.0163. The molecule has 0 aromatic carbocycles. The molecule has 0 amide bonds. The minimum Gasteiger partial charge on any atom is -0.269 e. The predicted molar refractivity (Wildman–Crippen MR) is 115 cm³/mol. The Bertz CT molecular complexity index is 678. The zero-order valence-corrected chi connectivity index (χ0v) is 19.5. The van der Waals surface area contributed by atoms with E-state index in [1.165, 1.54) is 0 Å². The third kappa shape index (κ3) is 4.16. The average Bonchev–Trinajstić information content (AvgIpc) is 3.12. The molecule has 0 spiro atoms. The van der Waals surface area contributed by atoms with Crippen LogP contribution in [0.1, 0.15) is 80.6 Å². The highest BCUT2D eigenvalue weighted by Gasteiger charge is 2.37. The molecular formula is C20H34N4S2. The molecule has 2 aromatic rings. The summed E-state index contributed by atoms with van der Waals surface area (Å²) in [5.41, 5.74) is 2.59. The maximum Gasteiger partial charge on any atom is 0.106 e. The largest absolute Gasteiger partial charge is 0.269 e. The number of imidazole rings is 2. The second kappa shape index (κ2) is 6.93. The summed E-state index contributed by atoms with van der Waals surface area (Å²) in [6.07, 6.45) is 8.08. The van der Waals surface area contributed by atoms with Crippen LogP contribution >= 0.6 is 22.0 Å². The van der Waals surface area contributed by atoms with Crippen LogP contribution < -0.4 is 0 Å². The first-order valence-electron chi connectivity index (χ1n) is 9.11. The van der Waals surface area contributed by atoms with E-state index in [4.69, 9.17) is 0 Å². The highest BCUT2D eigenvalue weighted by molar-refractivity contribution is 8.75. The fraction of sp³-hybridized carbons (Fsp3) is 0.700. The highest BCUT2D eigenvalue weighted by Crippen LogP contribution is 2.42. The van der Waals surface area contributed by atoms with Gasteiger partial charge in [-0.1, -0.05) is 69.2 Å². The molecule has 2 heterocycles. The van der Waals surface area contributed by atoms with Gasteiger partial charge in [0.1, 0.15) is 12.7 Å². The fourth-order valence-corrected chi connectivity index (χ4v) is 3.75. The van der Waals surface area contributed by atoms with Gasteiger partial charge in [0.2, 0.25) is 0 Å². The third-order valence-electron chi connectivity index (χ3n) is 6.36. The molecule has 0 aliphatic rings. The van der Waals surface area contributed by atoms with Crippen LogP contribution in [0.25, 0.3) is 0 Å². The van der Waals surface area contributed by atoms with E-state index in [0.717, 1.165) is 11.4 Å². The van der Waals surface area contributed by atoms with Crippen LogP contribution in [0, 0.1) is 10.8 Å². The quantitative estimate of drug-likeness (QED) is 0.555. The van der Waals surface area contributed by atoms with E-state index in [0.29, 0.717) is 0 Å². The van der Waals surface area contributed by atoms with Crippen molar-refractivity contribution < 1.29 is 0 Å². The Morgan fingerprint density at radius 1 is 0.615 bits per heavy atom. The molecule has 0 bridgehead atoms. The smallest absolute Gasteiger partial charge is 0.106 e. The Balaban J connectivity index is 2.08. The van der Waals surface area contributed by atoms with E-state index in [-0.39, 0.29) is 21.7 Å². The van der Waals surface area contributed by atoms with Crippen molar-refractivity contribution in [2.45, 2.75) is 80.1 Å². The highest BCUT2D eigenvalue weighted by atomic mass is 33.1. The number of hydrogen-bond acceptors (Lipinski definition) is 4. The first-order valence-corrected chi connectivity index (χ1v) is 11.2. The normalized spacial score (nSPS) is 14.1. The van der Waals surface area contributed by atoms with E-state index in [9.17, 15) is 0 Å². The third-order valence-corrected chi connectivity index (χ3v) is 8.40. The zero-order chi connectivity index (χ0) is 20.0. The van der Waals surface area contributed by atoms with Crippen LogP contribution in [-0.2, 0) is 10.8 Å². The molecule has 0 saturated carbocycles. The molecule has 0 radical (unpaired) electrons. The van der Waals surface area contributed by atoms with E-state index in [1.807, 2.05) is 12.7 Å². The summed E-state index contributed by atoms with van der Waals surface area (Å²) in [6, 6.07) is 0. The molecule has 0 N–H and O–H groups in total. The fourth-order valence-electron chi connectivity index (χ4n) is 2.19. The number of aromatic nitrogens is 4. The monoisotopic (exact) mass is 394 g/mol. The van der Waals surface area contributed by atoms with E-state index < -0.39 is 0 Å². The standard InChI is InChI=1S/C20H34N4S2/c1-17(2,3)19(7,8)15-11-23(13-21-15)25-26-24-12-16(22-14-24)20(9,10)18(4,5)6/h11-14H,1-10H3. The van der Waals surface area contributed by atoms with Crippen LogP contribution in [-0.4, -0.2) is 17.9 Å². The Hall–Kier alpha value is -0.880. The molecule has 0 saturated heterocycles. The van der Waals surface area contributed by atoms with Crippen molar-refractivity contribution in [2.75, 3.05) is 0 Å². The molecule has 2 aromatic heterocycles. The molecule has 0 aliphatic heterocycles. The topological polar surface area (TPSA) is 35.6 Å². The molecular weight excluding hydrogens is 360 g/mol. The van der Waals surface area contributed by atoms with Gasteiger partial charge in [0.15, 0.2) is 0 Å². The lowest BCUT2D eigenvalue weighted by Gasteiger charge is -2.37. The van der Waals surface area contributed by atoms with Crippen molar-refractivity contribution >= 4 is 22.0 Å². The summed E-state index contributed by atoms with van der Waals surface area (Å²) < 4.78 is 4.14. The summed E-state index contributed by atoms with van der Waals surface area (Å²) in [7, 11) is 3.29. The Labute approximate surface area is 167 Å². The lowest BCUT2D eigenvalue weighted by atomic mass is 9.67. The van der Waals surface area contributed by atoms with Gasteiger partial charge in [-0.2, -0.15) is 0 Å². The first-order chi connectivity index (χ1) is 11.7. The van der Waals surface area contributed by atoms with E-state index >= 15 is 0 Å². The Morgan fingerprint density at radius 3 is 1.19 bits per heavy atom. The summed E-state index contributed by atoms with van der Waals surface area (Å²) in [6.45, 7) is 22.6. The predicted octanol–water partition coefficient (Wildman–Crippen LogP) is 6.33. The number of hydrogen-bond donors (Lipinski definition) is 0. The van der Waals surface area contributed by atoms with Crippen molar-refractivity contribution in [3.63, 3.8) is 0 Å². The average molecular weight is 395 g/mol. The van der Waals surface area contributed by atoms with E-state index in [1.54, 1.807) is 22.0 Å². The van der Waals surface area contributed by atoms with Crippen LogP contribution in [0.5, 0.6) is 0 Å². The van der Waals surface area contributed by atoms with Crippen LogP contribution in [0.15, 0.2) is 25.0 Å². The maximum atomic E-state index is 4.65. The van der Waals surface area contributed by atoms with Crippen molar-refractivity contribution in [3.8, 4) is 0 Å². The Morgan fingerprint density at radius 2 is 0.923 bits per heavy atom. The van der Waals surface area contributed by atoms with Gasteiger partial charge < -0.3 is 0 Å². The second-order valence-corrected chi connectivity index (χ2v) is 12.2. The van der Waals surface area contributed by atoms with Gasteiger partial charge in [-0.3, -0.25) is 7.94 Å². The molecule has 2 rings (SSSR count). The molecule has 4 nitrogen and oxygen atoms in total. The van der Waals surface area contributed by atoms with Gasteiger partial charge in [0.25, 0.3) is 0 Å². The van der Waals surface area contributed by atoms with Gasteiger partial charge in [-0.15, -0.1) is 0 Å². The van der Waals surface area contributed by atoms with Crippen LogP contribution in [0.4, 0.5) is 0 Å². The first kappa shape index (κ1) is 21.4. The molecule has 6 heteroatoms. The van der Waals surface area contributed by atoms with Gasteiger partial charge in [-0.05, 0) is 10.8 Å². The maximum absolute atomic E-state index is 4.65. The van der Waals surface area contributed by atoms with Crippen molar-refractivity contribution in [3.05, 3.63) is 36.4 Å². The molecule has 26 heavy (non-hydrogen) atoms. The summed E-state index contributed by atoms with van der Waals surface area (Å²) in [5, 5.41) is 0. The Kier molecular flexibility index (Phi) is 5.71. The van der Waals surface area contributed by atoms with Gasteiger partial charge in [0.05, 0.1) is 33.3 Å². The number of rotatable bonds is 5. The summed E-state index contributed by atoms with van der Waals surface area (Å²) >= 11 is 0. The number of nitrogens with zero attached hydrogens (tertiary/aromatic N) is 4. The molecule has 0 aliphatic carbocycles. The zero-order valence-electron chi connectivity index (χ0n) is 17.9. The molecule has 0 unspecified atom stereocenters. The molecule has 146 valence electrons. The summed E-state index contributed by atoms with van der Waals surface area (Å²) in [5.74, 6) is 0. The SMILES string of the molecule is CC(C)(C)C(C)(C)c1cn(SSn2cnc(C(C)(C)C(C)(C)C)c2)cn1. The van der Waals surface area contributed by atoms with Gasteiger partial charge in [0, 0.05) is 23.2 Å². The van der Waals surface area contributed by atoms with E-state index in [2.05, 4.69) is 99.5 Å². The van der Waals surface area contributed by atoms with Crippen LogP contribution in [0.2, 0.25) is 0 Å². The van der Waals surface area contributed by atoms with Gasteiger partial charge in [-0.25, -0.2) is 9.97 Å². The van der Waals surface area contributed by atoms with Gasteiger partial charge >= 0.3 is 0 Å². The van der Waals surface area contributed by atoms with Crippen molar-refractivity contribution in [2.24, 2.45) is 10.8 Å². The van der Waals surface area contributed by atoms with Crippen molar-refractivity contribution in [1.29, 1.82) is 0 Å². The van der Waals surface area contributed by atoms with Crippen molar-refractivity contribution in [1.82, 2.24) is 17.9 Å². The summed E-state index contributed by atoms with van der Waals surface area (Å²) in [4.78, 5) is 9.29. The molecule has 0 fully saturated rings. The van der Waals surface area contributed by atoms with Crippen LogP contribution in [0.3, 0.4) is 0 Å². The second-order valence-electron chi connectivity index (χ2n) is 10.1.